The minimum absolute atomic E-state index is 0.109. The van der Waals surface area contributed by atoms with Crippen LogP contribution in [0.5, 0.6) is 0 Å². The lowest BCUT2D eigenvalue weighted by atomic mass is 10.1. The fourth-order valence-electron chi connectivity index (χ4n) is 1.82. The summed E-state index contributed by atoms with van der Waals surface area (Å²) in [5.41, 5.74) is 6.52. The maximum absolute atomic E-state index is 12.1. The molecular formula is C14H22N2O4. The number of nitrogens with two attached hydrogens (primary N) is 1. The molecule has 6 nitrogen and oxygen atoms in total. The predicted molar refractivity (Wildman–Crippen MR) is 74.5 cm³/mol. The summed E-state index contributed by atoms with van der Waals surface area (Å²) in [6.45, 7) is 9.09. The van der Waals surface area contributed by atoms with Crippen molar-refractivity contribution in [1.29, 1.82) is 0 Å². The highest BCUT2D eigenvalue weighted by molar-refractivity contribution is 5.98. The second-order valence-corrected chi connectivity index (χ2v) is 5.41. The van der Waals surface area contributed by atoms with E-state index in [2.05, 4.69) is 4.98 Å². The summed E-state index contributed by atoms with van der Waals surface area (Å²) < 4.78 is 10.3. The molecule has 1 heterocycles. The number of nitrogens with one attached hydrogen (secondary N) is 1. The molecule has 0 bridgehead atoms. The molecule has 3 N–H and O–H groups in total. The van der Waals surface area contributed by atoms with Gasteiger partial charge in [0, 0.05) is 12.2 Å². The standard InChI is InChI=1S/C14H22N2O4/c1-6-19-12(17)10-8(2)11(16-9(10)7-15)13(18)20-14(3,4)5/h16H,6-7,15H2,1-5H3. The van der Waals surface area contributed by atoms with Gasteiger partial charge in [0.1, 0.15) is 11.3 Å². The number of hydrogen-bond acceptors (Lipinski definition) is 5. The molecule has 1 rings (SSSR count). The molecule has 0 fully saturated rings. The highest BCUT2D eigenvalue weighted by Crippen LogP contribution is 2.22. The summed E-state index contributed by atoms with van der Waals surface area (Å²) in [4.78, 5) is 26.9. The first-order chi connectivity index (χ1) is 9.21. The van der Waals surface area contributed by atoms with Crippen molar-refractivity contribution in [2.75, 3.05) is 6.61 Å². The van der Waals surface area contributed by atoms with Crippen LogP contribution in [0, 0.1) is 6.92 Å². The van der Waals surface area contributed by atoms with Gasteiger partial charge in [-0.05, 0) is 40.2 Å². The number of aromatic nitrogens is 1. The van der Waals surface area contributed by atoms with Gasteiger partial charge >= 0.3 is 11.9 Å². The van der Waals surface area contributed by atoms with Crippen LogP contribution in [0.2, 0.25) is 0 Å². The summed E-state index contributed by atoms with van der Waals surface area (Å²) in [7, 11) is 0. The van der Waals surface area contributed by atoms with Crippen LogP contribution in [-0.4, -0.2) is 29.1 Å². The summed E-state index contributed by atoms with van der Waals surface area (Å²) >= 11 is 0. The van der Waals surface area contributed by atoms with E-state index in [9.17, 15) is 9.59 Å². The molecule has 0 saturated carbocycles. The first kappa shape index (κ1) is 16.2. The predicted octanol–water partition coefficient (Wildman–Crippen LogP) is 1.91. The molecule has 20 heavy (non-hydrogen) atoms. The Hall–Kier alpha value is -1.82. The van der Waals surface area contributed by atoms with Gasteiger partial charge in [0.2, 0.25) is 0 Å². The third kappa shape index (κ3) is 3.60. The number of carbonyl (C=O) groups excluding carboxylic acids is 2. The lowest BCUT2D eigenvalue weighted by Crippen LogP contribution is -2.24. The maximum Gasteiger partial charge on any atom is 0.355 e. The van der Waals surface area contributed by atoms with E-state index in [-0.39, 0.29) is 18.8 Å². The molecule has 0 aromatic carbocycles. The van der Waals surface area contributed by atoms with E-state index in [1.807, 2.05) is 0 Å². The quantitative estimate of drug-likeness (QED) is 0.823. The molecular weight excluding hydrogens is 260 g/mol. The van der Waals surface area contributed by atoms with Crippen molar-refractivity contribution in [3.05, 3.63) is 22.5 Å². The fourth-order valence-corrected chi connectivity index (χ4v) is 1.82. The minimum Gasteiger partial charge on any atom is -0.462 e. The Labute approximate surface area is 118 Å². The van der Waals surface area contributed by atoms with Gasteiger partial charge in [-0.3, -0.25) is 0 Å². The molecule has 1 aromatic heterocycles. The van der Waals surface area contributed by atoms with Crippen LogP contribution in [0.3, 0.4) is 0 Å². The second kappa shape index (κ2) is 6.09. The molecule has 0 aliphatic rings. The fraction of sp³-hybridized carbons (Fsp3) is 0.571. The normalized spacial score (nSPS) is 11.3. The molecule has 0 aliphatic heterocycles. The smallest absolute Gasteiger partial charge is 0.355 e. The molecule has 0 radical (unpaired) electrons. The van der Waals surface area contributed by atoms with E-state index in [4.69, 9.17) is 15.2 Å². The van der Waals surface area contributed by atoms with Crippen LogP contribution in [0.4, 0.5) is 0 Å². The van der Waals surface area contributed by atoms with Gasteiger partial charge in [-0.1, -0.05) is 0 Å². The number of ether oxygens (including phenoxy) is 2. The highest BCUT2D eigenvalue weighted by atomic mass is 16.6. The number of esters is 2. The molecule has 112 valence electrons. The highest BCUT2D eigenvalue weighted by Gasteiger charge is 2.27. The third-order valence-corrected chi connectivity index (χ3v) is 2.61. The minimum atomic E-state index is -0.610. The first-order valence-corrected chi connectivity index (χ1v) is 6.53. The van der Waals surface area contributed by atoms with Crippen molar-refractivity contribution in [1.82, 2.24) is 4.98 Å². The summed E-state index contributed by atoms with van der Waals surface area (Å²) in [5.74, 6) is -1.00. The number of H-pyrrole nitrogens is 1. The Morgan fingerprint density at radius 2 is 1.85 bits per heavy atom. The van der Waals surface area contributed by atoms with E-state index in [0.717, 1.165) is 0 Å². The molecule has 0 unspecified atom stereocenters. The number of aromatic amines is 1. The number of hydrogen-bond donors (Lipinski definition) is 2. The largest absolute Gasteiger partial charge is 0.462 e. The van der Waals surface area contributed by atoms with Crippen LogP contribution >= 0.6 is 0 Å². The Kier molecular flexibility index (Phi) is 4.94. The summed E-state index contributed by atoms with van der Waals surface area (Å²) in [5, 5.41) is 0. The van der Waals surface area contributed by atoms with Crippen LogP contribution in [-0.2, 0) is 16.0 Å². The first-order valence-electron chi connectivity index (χ1n) is 6.53. The van der Waals surface area contributed by atoms with Crippen molar-refractivity contribution in [3.8, 4) is 0 Å². The molecule has 0 amide bonds. The number of carbonyl (C=O) groups is 2. The van der Waals surface area contributed by atoms with Gasteiger partial charge in [0.05, 0.1) is 12.2 Å². The van der Waals surface area contributed by atoms with E-state index < -0.39 is 17.5 Å². The molecule has 0 spiro atoms. The van der Waals surface area contributed by atoms with Gasteiger partial charge in [-0.25, -0.2) is 9.59 Å². The molecule has 0 atom stereocenters. The van der Waals surface area contributed by atoms with Crippen molar-refractivity contribution in [2.24, 2.45) is 5.73 Å². The van der Waals surface area contributed by atoms with Gasteiger partial charge < -0.3 is 20.2 Å². The zero-order valence-electron chi connectivity index (χ0n) is 12.6. The molecule has 6 heteroatoms. The lowest BCUT2D eigenvalue weighted by molar-refractivity contribution is 0.00626. The Morgan fingerprint density at radius 1 is 1.25 bits per heavy atom. The monoisotopic (exact) mass is 282 g/mol. The van der Waals surface area contributed by atoms with Crippen molar-refractivity contribution in [2.45, 2.75) is 46.8 Å². The van der Waals surface area contributed by atoms with Crippen molar-refractivity contribution < 1.29 is 19.1 Å². The third-order valence-electron chi connectivity index (χ3n) is 2.61. The van der Waals surface area contributed by atoms with E-state index >= 15 is 0 Å². The van der Waals surface area contributed by atoms with E-state index in [1.165, 1.54) is 0 Å². The zero-order valence-corrected chi connectivity index (χ0v) is 12.6. The van der Waals surface area contributed by atoms with Gasteiger partial charge in [-0.15, -0.1) is 0 Å². The van der Waals surface area contributed by atoms with E-state index in [1.54, 1.807) is 34.6 Å². The van der Waals surface area contributed by atoms with Gasteiger partial charge in [0.25, 0.3) is 0 Å². The van der Waals surface area contributed by atoms with Crippen LogP contribution in [0.1, 0.15) is 59.8 Å². The Morgan fingerprint density at radius 3 is 2.30 bits per heavy atom. The topological polar surface area (TPSA) is 94.4 Å². The second-order valence-electron chi connectivity index (χ2n) is 5.41. The van der Waals surface area contributed by atoms with Crippen LogP contribution < -0.4 is 5.73 Å². The van der Waals surface area contributed by atoms with Crippen LogP contribution in [0.25, 0.3) is 0 Å². The Balaban J connectivity index is 3.18. The summed E-state index contributed by atoms with van der Waals surface area (Å²) in [6.07, 6.45) is 0. The number of rotatable bonds is 4. The average Bonchev–Trinajstić information content (AvgIpc) is 2.64. The maximum atomic E-state index is 12.1. The zero-order chi connectivity index (χ0) is 15.5. The molecule has 0 saturated heterocycles. The van der Waals surface area contributed by atoms with Crippen LogP contribution in [0.15, 0.2) is 0 Å². The Bertz CT molecular complexity index is 512. The van der Waals surface area contributed by atoms with E-state index in [0.29, 0.717) is 16.8 Å². The average molecular weight is 282 g/mol. The lowest BCUT2D eigenvalue weighted by Gasteiger charge is -2.19. The summed E-state index contributed by atoms with van der Waals surface area (Å²) in [6, 6.07) is 0. The van der Waals surface area contributed by atoms with Crippen molar-refractivity contribution >= 4 is 11.9 Å². The van der Waals surface area contributed by atoms with Gasteiger partial charge in [-0.2, -0.15) is 0 Å². The SMILES string of the molecule is CCOC(=O)c1c(CN)[nH]c(C(=O)OC(C)(C)C)c1C. The molecule has 1 aromatic rings. The van der Waals surface area contributed by atoms with Crippen molar-refractivity contribution in [3.63, 3.8) is 0 Å². The van der Waals surface area contributed by atoms with Gasteiger partial charge in [0.15, 0.2) is 0 Å². The molecule has 0 aliphatic carbocycles.